The van der Waals surface area contributed by atoms with Gasteiger partial charge in [0.05, 0.1) is 5.75 Å². The molecule has 0 bridgehead atoms. The Labute approximate surface area is 126 Å². The van der Waals surface area contributed by atoms with Gasteiger partial charge in [-0.1, -0.05) is 43.2 Å². The summed E-state index contributed by atoms with van der Waals surface area (Å²) in [7, 11) is -3.23. The minimum Gasteiger partial charge on any atom is -0.481 e. The molecule has 5 nitrogen and oxygen atoms in total. The van der Waals surface area contributed by atoms with Gasteiger partial charge in [-0.25, -0.2) is 13.1 Å². The van der Waals surface area contributed by atoms with Crippen molar-refractivity contribution in [3.8, 4) is 0 Å². The topological polar surface area (TPSA) is 83.5 Å². The lowest BCUT2D eigenvalue weighted by molar-refractivity contribution is -0.137. The molecular weight excluding hydrogens is 290 g/mol. The van der Waals surface area contributed by atoms with E-state index in [2.05, 4.69) is 4.72 Å². The maximum atomic E-state index is 11.8. The maximum Gasteiger partial charge on any atom is 0.303 e. The first-order chi connectivity index (χ1) is 9.99. The quantitative estimate of drug-likeness (QED) is 0.613. The van der Waals surface area contributed by atoms with E-state index in [9.17, 15) is 13.2 Å². The summed E-state index contributed by atoms with van der Waals surface area (Å²) in [4.78, 5) is 10.3. The van der Waals surface area contributed by atoms with Crippen LogP contribution < -0.4 is 4.72 Å². The fourth-order valence-electron chi connectivity index (χ4n) is 1.95. The molecule has 1 rings (SSSR count). The van der Waals surface area contributed by atoms with E-state index in [1.807, 2.05) is 30.3 Å². The normalized spacial score (nSPS) is 11.4. The first-order valence-corrected chi connectivity index (χ1v) is 8.88. The van der Waals surface area contributed by atoms with E-state index in [1.165, 1.54) is 0 Å². The molecule has 1 aromatic rings. The Morgan fingerprint density at radius 2 is 1.71 bits per heavy atom. The van der Waals surface area contributed by atoms with Crippen molar-refractivity contribution in [3.63, 3.8) is 0 Å². The SMILES string of the molecule is O=C(O)CCCCCCNS(=O)(=O)CCc1ccccc1. The molecule has 1 aromatic carbocycles. The first kappa shape index (κ1) is 17.7. The van der Waals surface area contributed by atoms with Crippen molar-refractivity contribution in [3.05, 3.63) is 35.9 Å². The molecule has 0 amide bonds. The van der Waals surface area contributed by atoms with Gasteiger partial charge in [0.25, 0.3) is 0 Å². The van der Waals surface area contributed by atoms with Gasteiger partial charge in [0.15, 0.2) is 0 Å². The first-order valence-electron chi connectivity index (χ1n) is 7.23. The summed E-state index contributed by atoms with van der Waals surface area (Å²) in [6, 6.07) is 9.52. The molecule has 0 unspecified atom stereocenters. The molecule has 21 heavy (non-hydrogen) atoms. The van der Waals surface area contributed by atoms with E-state index in [1.54, 1.807) is 0 Å². The van der Waals surface area contributed by atoms with Crippen LogP contribution in [0, 0.1) is 0 Å². The van der Waals surface area contributed by atoms with Gasteiger partial charge in [0.2, 0.25) is 10.0 Å². The lowest BCUT2D eigenvalue weighted by Gasteiger charge is -2.06. The summed E-state index contributed by atoms with van der Waals surface area (Å²) < 4.78 is 26.2. The molecule has 118 valence electrons. The largest absolute Gasteiger partial charge is 0.481 e. The van der Waals surface area contributed by atoms with Crippen LogP contribution >= 0.6 is 0 Å². The van der Waals surface area contributed by atoms with Crippen molar-refractivity contribution in [2.75, 3.05) is 12.3 Å². The molecule has 0 aliphatic carbocycles. The van der Waals surface area contributed by atoms with Crippen molar-refractivity contribution in [1.29, 1.82) is 0 Å². The Morgan fingerprint density at radius 3 is 2.38 bits per heavy atom. The minimum atomic E-state index is -3.23. The number of carbonyl (C=O) groups is 1. The maximum absolute atomic E-state index is 11.8. The van der Waals surface area contributed by atoms with Gasteiger partial charge in [-0.2, -0.15) is 0 Å². The molecule has 0 aliphatic heterocycles. The molecule has 0 radical (unpaired) electrons. The van der Waals surface area contributed by atoms with Crippen molar-refractivity contribution < 1.29 is 18.3 Å². The van der Waals surface area contributed by atoms with Gasteiger partial charge in [-0.05, 0) is 24.8 Å². The van der Waals surface area contributed by atoms with Crippen LogP contribution in [0.15, 0.2) is 30.3 Å². The van der Waals surface area contributed by atoms with Crippen LogP contribution in [-0.4, -0.2) is 31.8 Å². The molecule has 0 saturated heterocycles. The summed E-state index contributed by atoms with van der Waals surface area (Å²) in [5, 5.41) is 8.48. The van der Waals surface area contributed by atoms with E-state index < -0.39 is 16.0 Å². The number of benzene rings is 1. The van der Waals surface area contributed by atoms with Crippen LogP contribution in [-0.2, 0) is 21.2 Å². The third-order valence-electron chi connectivity index (χ3n) is 3.14. The lowest BCUT2D eigenvalue weighted by Crippen LogP contribution is -2.28. The second-order valence-corrected chi connectivity index (χ2v) is 6.93. The van der Waals surface area contributed by atoms with E-state index in [4.69, 9.17) is 5.11 Å². The lowest BCUT2D eigenvalue weighted by atomic mass is 10.1. The highest BCUT2D eigenvalue weighted by molar-refractivity contribution is 7.89. The van der Waals surface area contributed by atoms with Crippen LogP contribution in [0.1, 0.15) is 37.7 Å². The van der Waals surface area contributed by atoms with Crippen molar-refractivity contribution in [2.24, 2.45) is 0 Å². The third-order valence-corrected chi connectivity index (χ3v) is 4.53. The van der Waals surface area contributed by atoms with E-state index in [-0.39, 0.29) is 12.2 Å². The Hall–Kier alpha value is -1.40. The zero-order chi connectivity index (χ0) is 15.6. The summed E-state index contributed by atoms with van der Waals surface area (Å²) in [6.07, 6.45) is 3.74. The van der Waals surface area contributed by atoms with Crippen molar-refractivity contribution in [2.45, 2.75) is 38.5 Å². The standard InChI is InChI=1S/C15H23NO4S/c17-15(18)10-6-1-2-7-12-16-21(19,20)13-11-14-8-4-3-5-9-14/h3-5,8-9,16H,1-2,6-7,10-13H2,(H,17,18). The molecule has 0 aromatic heterocycles. The molecule has 0 spiro atoms. The zero-order valence-corrected chi connectivity index (χ0v) is 12.9. The van der Waals surface area contributed by atoms with Gasteiger partial charge in [-0.15, -0.1) is 0 Å². The highest BCUT2D eigenvalue weighted by atomic mass is 32.2. The van der Waals surface area contributed by atoms with Gasteiger partial charge in [0.1, 0.15) is 0 Å². The predicted octanol–water partition coefficient (Wildman–Crippen LogP) is 2.18. The van der Waals surface area contributed by atoms with Crippen molar-refractivity contribution in [1.82, 2.24) is 4.72 Å². The van der Waals surface area contributed by atoms with Crippen LogP contribution in [0.2, 0.25) is 0 Å². The van der Waals surface area contributed by atoms with Crippen LogP contribution in [0.4, 0.5) is 0 Å². The second kappa shape index (κ2) is 9.52. The number of hydrogen-bond donors (Lipinski definition) is 2. The molecular formula is C15H23NO4S. The predicted molar refractivity (Wildman–Crippen MR) is 82.7 cm³/mol. The summed E-state index contributed by atoms with van der Waals surface area (Å²) in [5.41, 5.74) is 1.01. The number of hydrogen-bond acceptors (Lipinski definition) is 3. The number of aliphatic carboxylic acids is 1. The number of sulfonamides is 1. The molecule has 0 aliphatic rings. The Bertz CT molecular complexity index is 514. The fourth-order valence-corrected chi connectivity index (χ4v) is 3.06. The molecule has 6 heteroatoms. The van der Waals surface area contributed by atoms with Crippen LogP contribution in [0.25, 0.3) is 0 Å². The molecule has 0 heterocycles. The van der Waals surface area contributed by atoms with Crippen molar-refractivity contribution >= 4 is 16.0 Å². The molecule has 0 saturated carbocycles. The van der Waals surface area contributed by atoms with Gasteiger partial charge < -0.3 is 5.11 Å². The molecule has 0 fully saturated rings. The van der Waals surface area contributed by atoms with Crippen LogP contribution in [0.5, 0.6) is 0 Å². The Kier molecular flexibility index (Phi) is 8.00. The molecule has 2 N–H and O–H groups in total. The van der Waals surface area contributed by atoms with Gasteiger partial charge in [-0.3, -0.25) is 4.79 Å². The monoisotopic (exact) mass is 313 g/mol. The zero-order valence-electron chi connectivity index (χ0n) is 12.1. The highest BCUT2D eigenvalue weighted by Crippen LogP contribution is 2.04. The molecule has 0 atom stereocenters. The minimum absolute atomic E-state index is 0.0933. The summed E-state index contributed by atoms with van der Waals surface area (Å²) in [6.45, 7) is 0.421. The van der Waals surface area contributed by atoms with Gasteiger partial charge in [0, 0.05) is 13.0 Å². The number of carboxylic acid groups (broad SMARTS) is 1. The number of aryl methyl sites for hydroxylation is 1. The summed E-state index contributed by atoms with van der Waals surface area (Å²) in [5.74, 6) is -0.688. The fraction of sp³-hybridized carbons (Fsp3) is 0.533. The van der Waals surface area contributed by atoms with E-state index >= 15 is 0 Å². The average molecular weight is 313 g/mol. The Balaban J connectivity index is 2.11. The highest BCUT2D eigenvalue weighted by Gasteiger charge is 2.09. The van der Waals surface area contributed by atoms with E-state index in [0.717, 1.165) is 24.8 Å². The van der Waals surface area contributed by atoms with Crippen LogP contribution in [0.3, 0.4) is 0 Å². The summed E-state index contributed by atoms with van der Waals surface area (Å²) >= 11 is 0. The Morgan fingerprint density at radius 1 is 1.05 bits per heavy atom. The second-order valence-electron chi connectivity index (χ2n) is 5.01. The number of carboxylic acids is 1. The smallest absolute Gasteiger partial charge is 0.303 e. The number of unbranched alkanes of at least 4 members (excludes halogenated alkanes) is 3. The van der Waals surface area contributed by atoms with Gasteiger partial charge >= 0.3 is 5.97 Å². The third kappa shape index (κ3) is 9.20. The number of rotatable bonds is 11. The number of nitrogens with one attached hydrogen (secondary N) is 1. The van der Waals surface area contributed by atoms with E-state index in [0.29, 0.717) is 19.4 Å². The average Bonchev–Trinajstić information content (AvgIpc) is 2.45.